The van der Waals surface area contributed by atoms with E-state index in [4.69, 9.17) is 9.97 Å². The third-order valence-corrected chi connectivity index (χ3v) is 12.2. The van der Waals surface area contributed by atoms with Gasteiger partial charge in [-0.3, -0.25) is 4.57 Å². The summed E-state index contributed by atoms with van der Waals surface area (Å²) in [5.41, 5.74) is 14.1. The van der Waals surface area contributed by atoms with E-state index >= 15 is 0 Å². The molecule has 9 aromatic carbocycles. The van der Waals surface area contributed by atoms with Crippen LogP contribution in [-0.2, 0) is 0 Å². The van der Waals surface area contributed by atoms with Crippen LogP contribution in [0.5, 0.6) is 0 Å². The van der Waals surface area contributed by atoms with Gasteiger partial charge in [-0.15, -0.1) is 0 Å². The first-order valence-electron chi connectivity index (χ1n) is 19.8. The molecule has 13 aromatic rings. The SMILES string of the molecule is c1ccc(-c2ccccc2-c2cccc3ccc4nc(-c5ccccc5)c(-n5c6cccc7c8cccc9c%10ccccc%10n(c%10cccc5c%10c76)c89)nc4c23)cc1. The molecule has 0 aliphatic carbocycles. The summed E-state index contributed by atoms with van der Waals surface area (Å²) in [4.78, 5) is 11.4. The van der Waals surface area contributed by atoms with Crippen molar-refractivity contribution in [2.45, 2.75) is 0 Å². The van der Waals surface area contributed by atoms with Crippen LogP contribution in [-0.4, -0.2) is 18.9 Å². The van der Waals surface area contributed by atoms with E-state index in [1.807, 2.05) is 0 Å². The predicted octanol–water partition coefficient (Wildman–Crippen LogP) is 14.0. The maximum absolute atomic E-state index is 5.83. The summed E-state index contributed by atoms with van der Waals surface area (Å²) in [5, 5.41) is 9.64. The predicted molar refractivity (Wildman–Crippen MR) is 242 cm³/mol. The fourth-order valence-corrected chi connectivity index (χ4v) is 9.85. The Bertz CT molecular complexity index is 3780. The third kappa shape index (κ3) is 4.23. The highest BCUT2D eigenvalue weighted by atomic mass is 15.1. The van der Waals surface area contributed by atoms with Gasteiger partial charge in [-0.2, -0.15) is 0 Å². The van der Waals surface area contributed by atoms with Gasteiger partial charge in [-0.25, -0.2) is 9.97 Å². The molecule has 0 fully saturated rings. The van der Waals surface area contributed by atoms with Crippen LogP contribution in [0.1, 0.15) is 0 Å². The summed E-state index contributed by atoms with van der Waals surface area (Å²) in [6, 6.07) is 69.9. The van der Waals surface area contributed by atoms with Crippen LogP contribution in [0.3, 0.4) is 0 Å². The Hall–Kier alpha value is -7.82. The van der Waals surface area contributed by atoms with Gasteiger partial charge in [0, 0.05) is 37.9 Å². The van der Waals surface area contributed by atoms with E-state index in [0.29, 0.717) is 0 Å². The maximum atomic E-state index is 5.83. The number of hydrogen-bond donors (Lipinski definition) is 0. The summed E-state index contributed by atoms with van der Waals surface area (Å²) in [6.45, 7) is 0. The molecule has 0 amide bonds. The molecule has 0 unspecified atom stereocenters. The molecule has 268 valence electrons. The number of benzene rings is 9. The van der Waals surface area contributed by atoms with Gasteiger partial charge in [0.25, 0.3) is 0 Å². The number of fused-ring (bicyclic) bond motifs is 8. The van der Waals surface area contributed by atoms with E-state index in [0.717, 1.165) is 55.5 Å². The molecular formula is C54H32N4. The van der Waals surface area contributed by atoms with Crippen molar-refractivity contribution in [1.82, 2.24) is 18.9 Å². The zero-order chi connectivity index (χ0) is 37.9. The fourth-order valence-electron chi connectivity index (χ4n) is 9.85. The van der Waals surface area contributed by atoms with E-state index < -0.39 is 0 Å². The first kappa shape index (κ1) is 31.4. The topological polar surface area (TPSA) is 35.1 Å². The first-order chi connectivity index (χ1) is 28.8. The summed E-state index contributed by atoms with van der Waals surface area (Å²) < 4.78 is 4.86. The molecule has 0 aliphatic rings. The van der Waals surface area contributed by atoms with Gasteiger partial charge in [0.05, 0.1) is 38.6 Å². The van der Waals surface area contributed by atoms with Gasteiger partial charge in [0.15, 0.2) is 5.82 Å². The molecule has 13 rings (SSSR count). The van der Waals surface area contributed by atoms with Crippen molar-refractivity contribution in [3.8, 4) is 39.3 Å². The van der Waals surface area contributed by atoms with E-state index in [1.165, 1.54) is 65.6 Å². The highest BCUT2D eigenvalue weighted by Gasteiger charge is 2.25. The zero-order valence-corrected chi connectivity index (χ0v) is 31.3. The van der Waals surface area contributed by atoms with Crippen molar-refractivity contribution >= 4 is 81.7 Å². The summed E-state index contributed by atoms with van der Waals surface area (Å²) >= 11 is 0. The summed E-state index contributed by atoms with van der Waals surface area (Å²) in [5.74, 6) is 0.808. The Labute approximate surface area is 332 Å². The molecule has 0 N–H and O–H groups in total. The second-order valence-electron chi connectivity index (χ2n) is 15.3. The van der Waals surface area contributed by atoms with Crippen molar-refractivity contribution < 1.29 is 0 Å². The van der Waals surface area contributed by atoms with E-state index in [-0.39, 0.29) is 0 Å². The molecule has 4 heteroatoms. The molecule has 0 aliphatic heterocycles. The average molecular weight is 737 g/mol. The number of hydrogen-bond acceptors (Lipinski definition) is 2. The van der Waals surface area contributed by atoms with Gasteiger partial charge in [0.2, 0.25) is 0 Å². The number of rotatable bonds is 4. The minimum absolute atomic E-state index is 0.808. The quantitative estimate of drug-likeness (QED) is 0.169. The van der Waals surface area contributed by atoms with Gasteiger partial charge in [-0.05, 0) is 63.4 Å². The van der Waals surface area contributed by atoms with Gasteiger partial charge in [0.1, 0.15) is 5.69 Å². The van der Waals surface area contributed by atoms with E-state index in [1.54, 1.807) is 0 Å². The molecule has 4 aromatic heterocycles. The number of nitrogens with zero attached hydrogens (tertiary/aromatic N) is 4. The van der Waals surface area contributed by atoms with Crippen LogP contribution >= 0.6 is 0 Å². The maximum Gasteiger partial charge on any atom is 0.165 e. The zero-order valence-electron chi connectivity index (χ0n) is 31.3. The van der Waals surface area contributed by atoms with Crippen molar-refractivity contribution in [2.24, 2.45) is 0 Å². The summed E-state index contributed by atoms with van der Waals surface area (Å²) in [6.07, 6.45) is 0. The number of para-hydroxylation sites is 2. The smallest absolute Gasteiger partial charge is 0.165 e. The van der Waals surface area contributed by atoms with E-state index in [9.17, 15) is 0 Å². The van der Waals surface area contributed by atoms with Crippen LogP contribution in [0.15, 0.2) is 194 Å². The molecule has 0 saturated carbocycles. The third-order valence-electron chi connectivity index (χ3n) is 12.2. The van der Waals surface area contributed by atoms with Crippen LogP contribution < -0.4 is 0 Å². The Kier molecular flexibility index (Phi) is 6.41. The second kappa shape index (κ2) is 11.8. The lowest BCUT2D eigenvalue weighted by Gasteiger charge is -2.17. The van der Waals surface area contributed by atoms with Crippen molar-refractivity contribution in [3.63, 3.8) is 0 Å². The van der Waals surface area contributed by atoms with Gasteiger partial charge < -0.3 is 4.40 Å². The molecule has 0 bridgehead atoms. The fraction of sp³-hybridized carbons (Fsp3) is 0. The average Bonchev–Trinajstić information content (AvgIpc) is 3.78. The first-order valence-corrected chi connectivity index (χ1v) is 19.8. The Morgan fingerprint density at radius 1 is 0.345 bits per heavy atom. The van der Waals surface area contributed by atoms with Gasteiger partial charge in [-0.1, -0.05) is 164 Å². The summed E-state index contributed by atoms with van der Waals surface area (Å²) in [7, 11) is 0. The lowest BCUT2D eigenvalue weighted by Crippen LogP contribution is -2.04. The molecule has 58 heavy (non-hydrogen) atoms. The molecular weight excluding hydrogens is 705 g/mol. The van der Waals surface area contributed by atoms with Gasteiger partial charge >= 0.3 is 0 Å². The Morgan fingerprint density at radius 2 is 0.931 bits per heavy atom. The lowest BCUT2D eigenvalue weighted by atomic mass is 9.91. The molecule has 0 atom stereocenters. The molecule has 0 saturated heterocycles. The number of aromatic nitrogens is 4. The normalized spacial score (nSPS) is 12.1. The largest absolute Gasteiger partial charge is 0.308 e. The lowest BCUT2D eigenvalue weighted by molar-refractivity contribution is 1.08. The Balaban J connectivity index is 1.21. The Morgan fingerprint density at radius 3 is 1.78 bits per heavy atom. The van der Waals surface area contributed by atoms with Crippen LogP contribution in [0.2, 0.25) is 0 Å². The van der Waals surface area contributed by atoms with Crippen molar-refractivity contribution in [2.75, 3.05) is 0 Å². The van der Waals surface area contributed by atoms with Crippen molar-refractivity contribution in [3.05, 3.63) is 194 Å². The standard InChI is InChI=1S/C54H32N4/c1-3-15-33(16-4-1)36-20-7-8-21-37(36)39-23-11-19-34-31-32-43-52(48(34)39)56-54(51(55-43)35-17-5-2-6-18-35)58-45-28-13-24-40-42-26-12-25-41-38-22-9-10-27-44(38)57(53(41)42)46-29-14-30-47(58)50(46)49(40)45/h1-32H. The van der Waals surface area contributed by atoms with Crippen LogP contribution in [0.25, 0.3) is 121 Å². The molecule has 4 heterocycles. The highest BCUT2D eigenvalue weighted by molar-refractivity contribution is 6.31. The molecule has 0 radical (unpaired) electrons. The van der Waals surface area contributed by atoms with Crippen LogP contribution in [0, 0.1) is 0 Å². The monoisotopic (exact) mass is 736 g/mol. The molecule has 0 spiro atoms. The van der Waals surface area contributed by atoms with Crippen molar-refractivity contribution in [1.29, 1.82) is 0 Å². The minimum atomic E-state index is 0.808. The minimum Gasteiger partial charge on any atom is -0.308 e. The van der Waals surface area contributed by atoms with E-state index in [2.05, 4.69) is 203 Å². The van der Waals surface area contributed by atoms with Crippen LogP contribution in [0.4, 0.5) is 0 Å². The second-order valence-corrected chi connectivity index (χ2v) is 15.3. The highest BCUT2D eigenvalue weighted by Crippen LogP contribution is 2.46. The molecule has 4 nitrogen and oxygen atoms in total.